The number of anilines is 1. The Labute approximate surface area is 163 Å². The molecule has 1 atom stereocenters. The van der Waals surface area contributed by atoms with Crippen LogP contribution in [0.1, 0.15) is 53.2 Å². The maximum atomic E-state index is 13.1. The summed E-state index contributed by atoms with van der Waals surface area (Å²) < 4.78 is 5.55. The van der Waals surface area contributed by atoms with Crippen molar-refractivity contribution >= 4 is 11.7 Å². The number of para-hydroxylation sites is 1. The Kier molecular flexibility index (Phi) is 4.11. The lowest BCUT2D eigenvalue weighted by Gasteiger charge is -2.23. The summed E-state index contributed by atoms with van der Waals surface area (Å²) in [5, 5.41) is 7.18. The van der Waals surface area contributed by atoms with E-state index in [1.165, 1.54) is 5.56 Å². The third-order valence-corrected chi connectivity index (χ3v) is 5.44. The highest BCUT2D eigenvalue weighted by Gasteiger charge is 2.39. The summed E-state index contributed by atoms with van der Waals surface area (Å²) in [6.45, 7) is 2.52. The quantitative estimate of drug-likeness (QED) is 0.740. The standard InChI is InChI=1S/C22H22N4O2/c1-14-6-8-15(9-7-14)13-23-22(27)26-18-5-3-2-4-17(18)12-19(26)21-24-20(25-28-21)16-10-11-16/h2-9,16,19H,10-13H2,1H3,(H,23,27). The fraction of sp³-hybridized carbons (Fsp3) is 0.318. The van der Waals surface area contributed by atoms with Crippen molar-refractivity contribution in [2.45, 2.75) is 44.7 Å². The molecule has 1 aromatic heterocycles. The molecule has 0 radical (unpaired) electrons. The van der Waals surface area contributed by atoms with E-state index < -0.39 is 0 Å². The number of amides is 2. The zero-order valence-electron chi connectivity index (χ0n) is 15.8. The summed E-state index contributed by atoms with van der Waals surface area (Å²) in [4.78, 5) is 19.5. The average Bonchev–Trinajstić information content (AvgIpc) is 3.31. The number of rotatable bonds is 4. The summed E-state index contributed by atoms with van der Waals surface area (Å²) in [7, 11) is 0. The molecule has 3 aromatic rings. The number of benzene rings is 2. The van der Waals surface area contributed by atoms with Gasteiger partial charge in [0.15, 0.2) is 5.82 Å². The minimum Gasteiger partial charge on any atom is -0.337 e. The molecule has 28 heavy (non-hydrogen) atoms. The maximum Gasteiger partial charge on any atom is 0.322 e. The molecule has 1 N–H and O–H groups in total. The Hall–Kier alpha value is -3.15. The molecule has 6 nitrogen and oxygen atoms in total. The van der Waals surface area contributed by atoms with Crippen LogP contribution in [0.3, 0.4) is 0 Å². The fourth-order valence-corrected chi connectivity index (χ4v) is 3.69. The van der Waals surface area contributed by atoms with Crippen molar-refractivity contribution in [2.24, 2.45) is 0 Å². The molecule has 0 saturated heterocycles. The summed E-state index contributed by atoms with van der Waals surface area (Å²) in [6.07, 6.45) is 2.91. The molecule has 0 bridgehead atoms. The number of aromatic nitrogens is 2. The lowest BCUT2D eigenvalue weighted by Crippen LogP contribution is -2.40. The topological polar surface area (TPSA) is 71.3 Å². The SMILES string of the molecule is Cc1ccc(CNC(=O)N2c3ccccc3CC2c2nc(C3CC3)no2)cc1. The van der Waals surface area contributed by atoms with Crippen LogP contribution in [0, 0.1) is 6.92 Å². The molecule has 5 rings (SSSR count). The molecule has 1 aliphatic carbocycles. The number of carbonyl (C=O) groups is 1. The van der Waals surface area contributed by atoms with Crippen LogP contribution in [0.5, 0.6) is 0 Å². The number of carbonyl (C=O) groups excluding carboxylic acids is 1. The zero-order valence-corrected chi connectivity index (χ0v) is 15.8. The molecule has 2 heterocycles. The lowest BCUT2D eigenvalue weighted by molar-refractivity contribution is 0.242. The van der Waals surface area contributed by atoms with Crippen LogP contribution < -0.4 is 10.2 Å². The molecule has 2 aliphatic rings. The first-order valence-electron chi connectivity index (χ1n) is 9.73. The Balaban J connectivity index is 1.39. The van der Waals surface area contributed by atoms with E-state index in [0.717, 1.165) is 35.5 Å². The normalized spacial score (nSPS) is 18.2. The van der Waals surface area contributed by atoms with E-state index in [4.69, 9.17) is 4.52 Å². The molecule has 6 heteroatoms. The van der Waals surface area contributed by atoms with E-state index in [9.17, 15) is 4.79 Å². The third kappa shape index (κ3) is 3.15. The van der Waals surface area contributed by atoms with E-state index in [2.05, 4.69) is 22.4 Å². The largest absolute Gasteiger partial charge is 0.337 e. The van der Waals surface area contributed by atoms with Gasteiger partial charge in [0.1, 0.15) is 6.04 Å². The smallest absolute Gasteiger partial charge is 0.322 e. The Morgan fingerprint density at radius 2 is 1.96 bits per heavy atom. The first kappa shape index (κ1) is 17.0. The Morgan fingerprint density at radius 3 is 2.75 bits per heavy atom. The third-order valence-electron chi connectivity index (χ3n) is 5.44. The molecular weight excluding hydrogens is 352 g/mol. The second-order valence-corrected chi connectivity index (χ2v) is 7.63. The van der Waals surface area contributed by atoms with E-state index in [1.54, 1.807) is 4.90 Å². The predicted octanol–water partition coefficient (Wildman–Crippen LogP) is 4.27. The van der Waals surface area contributed by atoms with Gasteiger partial charge >= 0.3 is 6.03 Å². The Morgan fingerprint density at radius 1 is 1.18 bits per heavy atom. The van der Waals surface area contributed by atoms with E-state index in [-0.39, 0.29) is 12.1 Å². The average molecular weight is 374 g/mol. The van der Waals surface area contributed by atoms with Crippen LogP contribution in [-0.2, 0) is 13.0 Å². The van der Waals surface area contributed by atoms with Crippen molar-refractivity contribution in [1.82, 2.24) is 15.5 Å². The summed E-state index contributed by atoms with van der Waals surface area (Å²) in [6, 6.07) is 15.7. The number of hydrogen-bond donors (Lipinski definition) is 1. The van der Waals surface area contributed by atoms with E-state index in [1.807, 2.05) is 48.5 Å². The van der Waals surface area contributed by atoms with Gasteiger partial charge in [0, 0.05) is 24.6 Å². The van der Waals surface area contributed by atoms with Gasteiger partial charge in [-0.2, -0.15) is 4.98 Å². The van der Waals surface area contributed by atoms with Gasteiger partial charge in [-0.25, -0.2) is 4.79 Å². The highest BCUT2D eigenvalue weighted by Crippen LogP contribution is 2.42. The summed E-state index contributed by atoms with van der Waals surface area (Å²) in [5.74, 6) is 1.71. The molecule has 1 unspecified atom stereocenters. The number of nitrogens with zero attached hydrogens (tertiary/aromatic N) is 3. The summed E-state index contributed by atoms with van der Waals surface area (Å²) in [5.41, 5.74) is 4.28. The first-order valence-corrected chi connectivity index (χ1v) is 9.73. The van der Waals surface area contributed by atoms with Gasteiger partial charge < -0.3 is 9.84 Å². The highest BCUT2D eigenvalue weighted by atomic mass is 16.5. The fourth-order valence-electron chi connectivity index (χ4n) is 3.69. The Bertz CT molecular complexity index is 1010. The van der Waals surface area contributed by atoms with Gasteiger partial charge in [0.2, 0.25) is 5.89 Å². The van der Waals surface area contributed by atoms with Crippen molar-refractivity contribution in [1.29, 1.82) is 0 Å². The number of aryl methyl sites for hydroxylation is 1. The zero-order chi connectivity index (χ0) is 19.1. The van der Waals surface area contributed by atoms with E-state index in [0.29, 0.717) is 24.8 Å². The van der Waals surface area contributed by atoms with Crippen LogP contribution in [-0.4, -0.2) is 16.2 Å². The van der Waals surface area contributed by atoms with Gasteiger partial charge in [-0.15, -0.1) is 0 Å². The second-order valence-electron chi connectivity index (χ2n) is 7.63. The van der Waals surface area contributed by atoms with Crippen molar-refractivity contribution in [3.05, 3.63) is 76.9 Å². The van der Waals surface area contributed by atoms with Gasteiger partial charge in [0.25, 0.3) is 0 Å². The molecule has 142 valence electrons. The van der Waals surface area contributed by atoms with Gasteiger partial charge in [0.05, 0.1) is 0 Å². The van der Waals surface area contributed by atoms with Crippen molar-refractivity contribution in [3.63, 3.8) is 0 Å². The molecule has 0 spiro atoms. The number of urea groups is 1. The predicted molar refractivity (Wildman–Crippen MR) is 105 cm³/mol. The minimum atomic E-state index is -0.268. The molecule has 2 amide bonds. The molecular formula is C22H22N4O2. The first-order chi connectivity index (χ1) is 13.7. The summed E-state index contributed by atoms with van der Waals surface area (Å²) >= 11 is 0. The number of fused-ring (bicyclic) bond motifs is 1. The number of nitrogens with one attached hydrogen (secondary N) is 1. The molecule has 2 aromatic carbocycles. The van der Waals surface area contributed by atoms with Crippen molar-refractivity contribution < 1.29 is 9.32 Å². The van der Waals surface area contributed by atoms with Gasteiger partial charge in [-0.1, -0.05) is 53.2 Å². The van der Waals surface area contributed by atoms with E-state index >= 15 is 0 Å². The van der Waals surface area contributed by atoms with Crippen LogP contribution in [0.4, 0.5) is 10.5 Å². The monoisotopic (exact) mass is 374 g/mol. The van der Waals surface area contributed by atoms with Crippen LogP contribution in [0.2, 0.25) is 0 Å². The van der Waals surface area contributed by atoms with Crippen LogP contribution in [0.25, 0.3) is 0 Å². The van der Waals surface area contributed by atoms with Gasteiger partial charge in [-0.3, -0.25) is 4.90 Å². The molecule has 1 saturated carbocycles. The maximum absolute atomic E-state index is 13.1. The second kappa shape index (κ2) is 6.78. The number of hydrogen-bond acceptors (Lipinski definition) is 4. The highest BCUT2D eigenvalue weighted by molar-refractivity contribution is 5.95. The minimum absolute atomic E-state index is 0.151. The van der Waals surface area contributed by atoms with Gasteiger partial charge in [-0.05, 0) is 37.0 Å². The van der Waals surface area contributed by atoms with Crippen molar-refractivity contribution in [3.8, 4) is 0 Å². The lowest BCUT2D eigenvalue weighted by atomic mass is 10.1. The molecule has 1 fully saturated rings. The van der Waals surface area contributed by atoms with Crippen LogP contribution in [0.15, 0.2) is 53.1 Å². The van der Waals surface area contributed by atoms with Crippen molar-refractivity contribution in [2.75, 3.05) is 4.90 Å². The van der Waals surface area contributed by atoms with Crippen LogP contribution >= 0.6 is 0 Å². The molecule has 1 aliphatic heterocycles.